The SMILES string of the molecule is CC(C)C(C)NC(=O)c1ccc(S(=O)(=O)NC2CC2)o1. The first-order chi connectivity index (χ1) is 9.29. The smallest absolute Gasteiger partial charge is 0.287 e. The summed E-state index contributed by atoms with van der Waals surface area (Å²) in [5, 5.41) is 2.55. The van der Waals surface area contributed by atoms with Gasteiger partial charge in [0.25, 0.3) is 15.9 Å². The molecule has 2 N–H and O–H groups in total. The average molecular weight is 300 g/mol. The van der Waals surface area contributed by atoms with Gasteiger partial charge in [-0.2, -0.15) is 0 Å². The molecule has 1 heterocycles. The molecule has 1 aromatic rings. The first-order valence-corrected chi connectivity index (χ1v) is 8.21. The summed E-state index contributed by atoms with van der Waals surface area (Å²) >= 11 is 0. The second kappa shape index (κ2) is 5.57. The van der Waals surface area contributed by atoms with E-state index >= 15 is 0 Å². The van der Waals surface area contributed by atoms with Crippen LogP contribution in [0, 0.1) is 5.92 Å². The van der Waals surface area contributed by atoms with Crippen LogP contribution in [0.25, 0.3) is 0 Å². The largest absolute Gasteiger partial charge is 0.438 e. The van der Waals surface area contributed by atoms with Crippen LogP contribution in [0.15, 0.2) is 21.6 Å². The van der Waals surface area contributed by atoms with Gasteiger partial charge in [-0.3, -0.25) is 4.79 Å². The highest BCUT2D eigenvalue weighted by Crippen LogP contribution is 2.23. The molecule has 0 radical (unpaired) electrons. The fourth-order valence-electron chi connectivity index (χ4n) is 1.51. The maximum atomic E-state index is 11.9. The molecule has 2 rings (SSSR count). The third-order valence-corrected chi connectivity index (χ3v) is 4.72. The van der Waals surface area contributed by atoms with Crippen molar-refractivity contribution < 1.29 is 17.6 Å². The Bertz CT molecular complexity index is 587. The highest BCUT2D eigenvalue weighted by molar-refractivity contribution is 7.89. The first-order valence-electron chi connectivity index (χ1n) is 6.72. The summed E-state index contributed by atoms with van der Waals surface area (Å²) in [6, 6.07) is 2.67. The third kappa shape index (κ3) is 3.61. The van der Waals surface area contributed by atoms with E-state index in [0.717, 1.165) is 12.8 Å². The lowest BCUT2D eigenvalue weighted by molar-refractivity contribution is 0.0897. The average Bonchev–Trinajstić information content (AvgIpc) is 2.99. The molecule has 20 heavy (non-hydrogen) atoms. The Morgan fingerprint density at radius 1 is 1.30 bits per heavy atom. The Morgan fingerprint density at radius 2 is 1.95 bits per heavy atom. The third-order valence-electron chi connectivity index (χ3n) is 3.33. The van der Waals surface area contributed by atoms with Crippen LogP contribution < -0.4 is 10.0 Å². The van der Waals surface area contributed by atoms with Crippen molar-refractivity contribution in [1.82, 2.24) is 10.0 Å². The molecule has 1 amide bonds. The van der Waals surface area contributed by atoms with Crippen LogP contribution >= 0.6 is 0 Å². The lowest BCUT2D eigenvalue weighted by Gasteiger charge is -2.16. The Hall–Kier alpha value is -1.34. The Balaban J connectivity index is 2.06. The Morgan fingerprint density at radius 3 is 2.50 bits per heavy atom. The van der Waals surface area contributed by atoms with Gasteiger partial charge in [-0.1, -0.05) is 13.8 Å². The standard InChI is InChI=1S/C13H20N2O4S/c1-8(2)9(3)14-13(16)11-6-7-12(19-11)20(17,18)15-10-4-5-10/h6-10,15H,4-5H2,1-3H3,(H,14,16). The molecule has 1 fully saturated rings. The van der Waals surface area contributed by atoms with E-state index in [4.69, 9.17) is 4.42 Å². The number of sulfonamides is 1. The first kappa shape index (κ1) is 15.1. The summed E-state index contributed by atoms with van der Waals surface area (Å²) in [4.78, 5) is 11.9. The highest BCUT2D eigenvalue weighted by Gasteiger charge is 2.30. The summed E-state index contributed by atoms with van der Waals surface area (Å²) in [6.07, 6.45) is 1.69. The van der Waals surface area contributed by atoms with Crippen LogP contribution in [-0.4, -0.2) is 26.4 Å². The van der Waals surface area contributed by atoms with E-state index in [-0.39, 0.29) is 28.9 Å². The van der Waals surface area contributed by atoms with Crippen molar-refractivity contribution in [2.24, 2.45) is 5.92 Å². The summed E-state index contributed by atoms with van der Waals surface area (Å²) in [5.74, 6) is -0.110. The van der Waals surface area contributed by atoms with Crippen LogP contribution in [0.5, 0.6) is 0 Å². The molecule has 1 aromatic heterocycles. The number of nitrogens with one attached hydrogen (secondary N) is 2. The van der Waals surface area contributed by atoms with Gasteiger partial charge in [-0.05, 0) is 37.8 Å². The molecular formula is C13H20N2O4S. The molecule has 0 saturated heterocycles. The van der Waals surface area contributed by atoms with Crippen molar-refractivity contribution in [1.29, 1.82) is 0 Å². The zero-order valence-corrected chi connectivity index (χ0v) is 12.7. The number of rotatable bonds is 6. The predicted octanol–water partition coefficient (Wildman–Crippen LogP) is 1.49. The number of hydrogen-bond acceptors (Lipinski definition) is 4. The Labute approximate surface area is 119 Å². The van der Waals surface area contributed by atoms with Crippen molar-refractivity contribution in [2.45, 2.75) is 50.8 Å². The molecule has 7 heteroatoms. The van der Waals surface area contributed by atoms with Crippen LogP contribution in [0.2, 0.25) is 0 Å². The van der Waals surface area contributed by atoms with Crippen LogP contribution in [0.4, 0.5) is 0 Å². The molecule has 1 atom stereocenters. The molecule has 1 aliphatic carbocycles. The van der Waals surface area contributed by atoms with Crippen LogP contribution in [-0.2, 0) is 10.0 Å². The number of carbonyl (C=O) groups excluding carboxylic acids is 1. The fraction of sp³-hybridized carbons (Fsp3) is 0.615. The molecule has 1 saturated carbocycles. The van der Waals surface area contributed by atoms with Crippen LogP contribution in [0.3, 0.4) is 0 Å². The maximum absolute atomic E-state index is 11.9. The minimum atomic E-state index is -3.65. The molecule has 0 aliphatic heterocycles. The van der Waals surface area contributed by atoms with Crippen molar-refractivity contribution >= 4 is 15.9 Å². The maximum Gasteiger partial charge on any atom is 0.287 e. The second-order valence-corrected chi connectivity index (χ2v) is 7.17. The summed E-state index contributed by atoms with van der Waals surface area (Å²) in [5.41, 5.74) is 0. The minimum absolute atomic E-state index is 0.00309. The molecule has 0 spiro atoms. The van der Waals surface area contributed by atoms with E-state index in [9.17, 15) is 13.2 Å². The van der Waals surface area contributed by atoms with Gasteiger partial charge >= 0.3 is 0 Å². The minimum Gasteiger partial charge on any atom is -0.438 e. The van der Waals surface area contributed by atoms with Gasteiger partial charge in [0.2, 0.25) is 5.09 Å². The van der Waals surface area contributed by atoms with E-state index in [2.05, 4.69) is 10.0 Å². The van der Waals surface area contributed by atoms with Gasteiger partial charge in [0, 0.05) is 12.1 Å². The molecule has 112 valence electrons. The van der Waals surface area contributed by atoms with Gasteiger partial charge in [0.1, 0.15) is 0 Å². The number of carbonyl (C=O) groups is 1. The van der Waals surface area contributed by atoms with E-state index in [1.807, 2.05) is 20.8 Å². The monoisotopic (exact) mass is 300 g/mol. The molecule has 6 nitrogen and oxygen atoms in total. The number of amides is 1. The van der Waals surface area contributed by atoms with Gasteiger partial charge < -0.3 is 9.73 Å². The fourth-order valence-corrected chi connectivity index (χ4v) is 2.75. The number of furan rings is 1. The highest BCUT2D eigenvalue weighted by atomic mass is 32.2. The molecule has 1 unspecified atom stereocenters. The van der Waals surface area contributed by atoms with Gasteiger partial charge in [0.05, 0.1) is 0 Å². The Kier molecular flexibility index (Phi) is 4.19. The second-order valence-electron chi connectivity index (χ2n) is 5.52. The summed E-state index contributed by atoms with van der Waals surface area (Å²) < 4.78 is 31.5. The zero-order chi connectivity index (χ0) is 14.9. The summed E-state index contributed by atoms with van der Waals surface area (Å²) in [6.45, 7) is 5.86. The molecule has 1 aliphatic rings. The van der Waals surface area contributed by atoms with Crippen molar-refractivity contribution in [3.05, 3.63) is 17.9 Å². The van der Waals surface area contributed by atoms with E-state index < -0.39 is 15.9 Å². The lowest BCUT2D eigenvalue weighted by Crippen LogP contribution is -2.35. The van der Waals surface area contributed by atoms with Gasteiger partial charge in [0.15, 0.2) is 5.76 Å². The molecular weight excluding hydrogens is 280 g/mol. The molecule has 0 aromatic carbocycles. The van der Waals surface area contributed by atoms with Crippen LogP contribution in [0.1, 0.15) is 44.2 Å². The van der Waals surface area contributed by atoms with Gasteiger partial charge in [-0.25, -0.2) is 13.1 Å². The van der Waals surface area contributed by atoms with Crippen molar-refractivity contribution in [2.75, 3.05) is 0 Å². The topological polar surface area (TPSA) is 88.4 Å². The lowest BCUT2D eigenvalue weighted by atomic mass is 10.1. The van der Waals surface area contributed by atoms with Crippen molar-refractivity contribution in [3.63, 3.8) is 0 Å². The van der Waals surface area contributed by atoms with E-state index in [1.54, 1.807) is 0 Å². The number of hydrogen-bond donors (Lipinski definition) is 2. The molecule has 0 bridgehead atoms. The van der Waals surface area contributed by atoms with Gasteiger partial charge in [-0.15, -0.1) is 0 Å². The van der Waals surface area contributed by atoms with Crippen molar-refractivity contribution in [3.8, 4) is 0 Å². The zero-order valence-electron chi connectivity index (χ0n) is 11.8. The quantitative estimate of drug-likeness (QED) is 0.833. The normalized spacial score (nSPS) is 17.2. The van der Waals surface area contributed by atoms with E-state index in [0.29, 0.717) is 0 Å². The van der Waals surface area contributed by atoms with E-state index in [1.165, 1.54) is 12.1 Å². The summed E-state index contributed by atoms with van der Waals surface area (Å²) in [7, 11) is -3.65. The predicted molar refractivity (Wildman–Crippen MR) is 73.8 cm³/mol.